The molecule has 0 bridgehead atoms. The maximum atomic E-state index is 13.1. The number of aromatic nitrogens is 2. The number of hydrogen-bond donors (Lipinski definition) is 2. The number of nitrogens with zero attached hydrogens (tertiary/aromatic N) is 1. The highest BCUT2D eigenvalue weighted by atomic mass is 19.4. The second kappa shape index (κ2) is 6.35. The number of amides is 2. The number of hydrogen-bond acceptors (Lipinski definition) is 2. The summed E-state index contributed by atoms with van der Waals surface area (Å²) < 4.78 is 41.4. The number of carbonyl (C=O) groups excluding carboxylic acids is 2. The first-order chi connectivity index (χ1) is 15.3. The van der Waals surface area contributed by atoms with E-state index in [0.717, 1.165) is 42.4 Å². The maximum absolute atomic E-state index is 13.1. The van der Waals surface area contributed by atoms with Gasteiger partial charge < -0.3 is 9.55 Å². The highest BCUT2D eigenvalue weighted by molar-refractivity contribution is 6.50. The second-order valence-electron chi connectivity index (χ2n) is 8.15. The van der Waals surface area contributed by atoms with E-state index in [2.05, 4.69) is 20.9 Å². The van der Waals surface area contributed by atoms with Crippen molar-refractivity contribution in [2.24, 2.45) is 0 Å². The molecule has 0 saturated heterocycles. The van der Waals surface area contributed by atoms with Gasteiger partial charge in [0, 0.05) is 46.4 Å². The molecular weight excluding hydrogens is 419 g/mol. The van der Waals surface area contributed by atoms with Crippen molar-refractivity contribution in [3.05, 3.63) is 71.0 Å². The lowest BCUT2D eigenvalue weighted by Crippen LogP contribution is -2.22. The molecule has 2 amide bonds. The molecule has 0 fully saturated rings. The van der Waals surface area contributed by atoms with Crippen LogP contribution in [0.15, 0.2) is 48.8 Å². The zero-order chi connectivity index (χ0) is 22.2. The summed E-state index contributed by atoms with van der Waals surface area (Å²) in [5.74, 6) is -1.06. The lowest BCUT2D eigenvalue weighted by atomic mass is 9.94. The fourth-order valence-electron chi connectivity index (χ4n) is 4.93. The zero-order valence-corrected chi connectivity index (χ0v) is 16.6. The van der Waals surface area contributed by atoms with Crippen molar-refractivity contribution in [1.82, 2.24) is 14.9 Å². The molecule has 0 saturated carbocycles. The average molecular weight is 435 g/mol. The summed E-state index contributed by atoms with van der Waals surface area (Å²) in [6.07, 6.45) is 0.845. The summed E-state index contributed by atoms with van der Waals surface area (Å²) in [5, 5.41) is 3.71. The molecule has 0 spiro atoms. The molecule has 0 unspecified atom stereocenters. The van der Waals surface area contributed by atoms with E-state index in [1.54, 1.807) is 0 Å². The fraction of sp³-hybridized carbons (Fsp3) is 0.167. The standard InChI is InChI=1S/C24H16F3N3O2/c25-24(26,27)13-6-7-14-16(10-28-18(14)9-13)19-20(23(32)29-22(19)31)17-11-30-8-2-4-12-3-1-5-15(17)21(12)30/h1,3,5-7,9-11,28H,2,4,8H2,(H,29,31,32). The summed E-state index contributed by atoms with van der Waals surface area (Å²) in [6.45, 7) is 0.818. The van der Waals surface area contributed by atoms with Gasteiger partial charge in [-0.2, -0.15) is 13.2 Å². The van der Waals surface area contributed by atoms with Crippen molar-refractivity contribution in [2.45, 2.75) is 25.6 Å². The average Bonchev–Trinajstić information content (AvgIpc) is 3.41. The minimum absolute atomic E-state index is 0.171. The molecular formula is C24H16F3N3O2. The molecule has 5 nitrogen and oxygen atoms in total. The predicted octanol–water partition coefficient (Wildman–Crippen LogP) is 4.65. The normalized spacial score (nSPS) is 16.5. The first-order valence-corrected chi connectivity index (χ1v) is 10.2. The van der Waals surface area contributed by atoms with E-state index in [9.17, 15) is 22.8 Å². The van der Waals surface area contributed by atoms with Gasteiger partial charge in [0.2, 0.25) is 0 Å². The Morgan fingerprint density at radius 2 is 1.72 bits per heavy atom. The van der Waals surface area contributed by atoms with E-state index in [1.807, 2.05) is 18.3 Å². The Morgan fingerprint density at radius 3 is 2.50 bits per heavy atom. The summed E-state index contributed by atoms with van der Waals surface area (Å²) in [5.41, 5.74) is 3.19. The van der Waals surface area contributed by atoms with Gasteiger partial charge in [-0.3, -0.25) is 14.9 Å². The van der Waals surface area contributed by atoms with E-state index >= 15 is 0 Å². The SMILES string of the molecule is O=C1NC(=O)C(c2cn3c4c(cccc24)CCC3)=C1c1c[nH]c2cc(C(F)(F)F)ccc12. The molecule has 6 rings (SSSR count). The van der Waals surface area contributed by atoms with E-state index in [0.29, 0.717) is 16.5 Å². The Morgan fingerprint density at radius 1 is 0.938 bits per heavy atom. The molecule has 4 heterocycles. The molecule has 2 N–H and O–H groups in total. The number of carbonyl (C=O) groups is 2. The summed E-state index contributed by atoms with van der Waals surface area (Å²) >= 11 is 0. The number of nitrogens with one attached hydrogen (secondary N) is 2. The molecule has 2 aliphatic rings. The summed E-state index contributed by atoms with van der Waals surface area (Å²) in [4.78, 5) is 28.6. The van der Waals surface area contributed by atoms with E-state index < -0.39 is 23.6 Å². The number of aromatic amines is 1. The number of para-hydroxylation sites is 1. The number of imide groups is 1. The highest BCUT2D eigenvalue weighted by Crippen LogP contribution is 2.40. The number of halogens is 3. The largest absolute Gasteiger partial charge is 0.416 e. The molecule has 8 heteroatoms. The molecule has 2 aromatic heterocycles. The van der Waals surface area contributed by atoms with Gasteiger partial charge in [-0.25, -0.2) is 0 Å². The molecule has 2 aromatic carbocycles. The van der Waals surface area contributed by atoms with E-state index in [-0.39, 0.29) is 16.7 Å². The van der Waals surface area contributed by atoms with Crippen LogP contribution < -0.4 is 5.32 Å². The van der Waals surface area contributed by atoms with Crippen LogP contribution >= 0.6 is 0 Å². The Bertz CT molecular complexity index is 1500. The summed E-state index contributed by atoms with van der Waals surface area (Å²) in [6, 6.07) is 9.26. The highest BCUT2D eigenvalue weighted by Gasteiger charge is 2.36. The van der Waals surface area contributed by atoms with Crippen LogP contribution in [0.25, 0.3) is 33.0 Å². The number of aryl methyl sites for hydroxylation is 2. The first-order valence-electron chi connectivity index (χ1n) is 10.2. The molecule has 0 atom stereocenters. The van der Waals surface area contributed by atoms with Gasteiger partial charge in [-0.05, 0) is 30.5 Å². The Balaban J connectivity index is 1.61. The Kier molecular flexibility index (Phi) is 3.75. The first kappa shape index (κ1) is 18.9. The minimum atomic E-state index is -4.48. The number of alkyl halides is 3. The lowest BCUT2D eigenvalue weighted by Gasteiger charge is -2.14. The van der Waals surface area contributed by atoms with Crippen LogP contribution in [0.4, 0.5) is 13.2 Å². The molecule has 2 aliphatic heterocycles. The molecule has 32 heavy (non-hydrogen) atoms. The van der Waals surface area contributed by atoms with Crippen LogP contribution in [0.3, 0.4) is 0 Å². The minimum Gasteiger partial charge on any atom is -0.361 e. The van der Waals surface area contributed by atoms with Gasteiger partial charge >= 0.3 is 6.18 Å². The quantitative estimate of drug-likeness (QED) is 0.450. The lowest BCUT2D eigenvalue weighted by molar-refractivity contribution is -0.137. The van der Waals surface area contributed by atoms with Crippen molar-refractivity contribution >= 4 is 44.8 Å². The number of rotatable bonds is 2. The van der Waals surface area contributed by atoms with Gasteiger partial charge in [0.25, 0.3) is 11.8 Å². The Hall–Kier alpha value is -3.81. The third kappa shape index (κ3) is 2.58. The van der Waals surface area contributed by atoms with Crippen LogP contribution in [0, 0.1) is 0 Å². The van der Waals surface area contributed by atoms with E-state index in [4.69, 9.17) is 0 Å². The zero-order valence-electron chi connectivity index (χ0n) is 16.6. The number of fused-ring (bicyclic) bond motifs is 1. The van der Waals surface area contributed by atoms with Crippen molar-refractivity contribution in [2.75, 3.05) is 0 Å². The molecule has 0 radical (unpaired) electrons. The van der Waals surface area contributed by atoms with E-state index in [1.165, 1.54) is 17.8 Å². The Labute approximate surface area is 179 Å². The smallest absolute Gasteiger partial charge is 0.361 e. The predicted molar refractivity (Wildman–Crippen MR) is 114 cm³/mol. The summed E-state index contributed by atoms with van der Waals surface area (Å²) in [7, 11) is 0. The van der Waals surface area contributed by atoms with Crippen LogP contribution in [0.2, 0.25) is 0 Å². The molecule has 0 aliphatic carbocycles. The van der Waals surface area contributed by atoms with Gasteiger partial charge in [0.15, 0.2) is 0 Å². The number of H-pyrrole nitrogens is 1. The third-order valence-corrected chi connectivity index (χ3v) is 6.31. The maximum Gasteiger partial charge on any atom is 0.416 e. The van der Waals surface area contributed by atoms with Crippen LogP contribution in [-0.4, -0.2) is 21.4 Å². The topological polar surface area (TPSA) is 66.9 Å². The van der Waals surface area contributed by atoms with Crippen molar-refractivity contribution < 1.29 is 22.8 Å². The monoisotopic (exact) mass is 435 g/mol. The van der Waals surface area contributed by atoms with Crippen LogP contribution in [0.1, 0.15) is 28.7 Å². The van der Waals surface area contributed by atoms with Crippen LogP contribution in [-0.2, 0) is 28.7 Å². The van der Waals surface area contributed by atoms with Crippen molar-refractivity contribution in [3.8, 4) is 0 Å². The van der Waals surface area contributed by atoms with Crippen molar-refractivity contribution in [3.63, 3.8) is 0 Å². The van der Waals surface area contributed by atoms with Gasteiger partial charge in [0.1, 0.15) is 0 Å². The molecule has 160 valence electrons. The molecule has 4 aromatic rings. The number of benzene rings is 2. The fourth-order valence-corrected chi connectivity index (χ4v) is 4.93. The van der Waals surface area contributed by atoms with Crippen molar-refractivity contribution in [1.29, 1.82) is 0 Å². The van der Waals surface area contributed by atoms with Gasteiger partial charge in [-0.15, -0.1) is 0 Å². The second-order valence-corrected chi connectivity index (χ2v) is 8.15. The van der Waals surface area contributed by atoms with Gasteiger partial charge in [-0.1, -0.05) is 24.3 Å². The third-order valence-electron chi connectivity index (χ3n) is 6.31. The van der Waals surface area contributed by atoms with Gasteiger partial charge in [0.05, 0.1) is 22.2 Å². The van der Waals surface area contributed by atoms with Crippen LogP contribution in [0.5, 0.6) is 0 Å².